The summed E-state index contributed by atoms with van der Waals surface area (Å²) in [5.41, 5.74) is 1.03. The van der Waals surface area contributed by atoms with Gasteiger partial charge in [-0.05, 0) is 6.92 Å². The molecule has 0 saturated carbocycles. The molecular formula is C11H12N4O3. The topological polar surface area (TPSA) is 94.1 Å². The summed E-state index contributed by atoms with van der Waals surface area (Å²) < 4.78 is 1.46. The molecule has 1 N–H and O–H groups in total. The van der Waals surface area contributed by atoms with Gasteiger partial charge in [-0.15, -0.1) is 5.10 Å². The zero-order valence-corrected chi connectivity index (χ0v) is 9.72. The molecule has 2 aromatic rings. The van der Waals surface area contributed by atoms with Crippen LogP contribution >= 0.6 is 0 Å². The summed E-state index contributed by atoms with van der Waals surface area (Å²) in [6.07, 6.45) is 0.867. The highest BCUT2D eigenvalue weighted by Gasteiger charge is 2.14. The third-order valence-corrected chi connectivity index (χ3v) is 2.51. The summed E-state index contributed by atoms with van der Waals surface area (Å²) in [6, 6.07) is 6.46. The Morgan fingerprint density at radius 2 is 2.22 bits per heavy atom. The summed E-state index contributed by atoms with van der Waals surface area (Å²) in [4.78, 5) is 10.4. The predicted molar refractivity (Wildman–Crippen MR) is 62.9 cm³/mol. The summed E-state index contributed by atoms with van der Waals surface area (Å²) in [5, 5.41) is 27.8. The number of rotatable bonds is 4. The molecule has 0 fully saturated rings. The molecule has 0 radical (unpaired) electrons. The van der Waals surface area contributed by atoms with Gasteiger partial charge in [0, 0.05) is 6.07 Å². The maximum absolute atomic E-state index is 10.8. The second-order valence-corrected chi connectivity index (χ2v) is 3.90. The molecule has 7 heteroatoms. The van der Waals surface area contributed by atoms with Crippen LogP contribution in [-0.2, 0) is 6.54 Å². The second-order valence-electron chi connectivity index (χ2n) is 3.90. The first-order valence-electron chi connectivity index (χ1n) is 5.38. The van der Waals surface area contributed by atoms with Crippen LogP contribution in [0.25, 0.3) is 0 Å². The van der Waals surface area contributed by atoms with E-state index in [1.54, 1.807) is 31.3 Å². The Morgan fingerprint density at radius 1 is 1.50 bits per heavy atom. The lowest BCUT2D eigenvalue weighted by Crippen LogP contribution is -2.03. The minimum absolute atomic E-state index is 0.0478. The quantitative estimate of drug-likeness (QED) is 0.649. The van der Waals surface area contributed by atoms with Crippen LogP contribution in [0.15, 0.2) is 30.5 Å². The molecule has 18 heavy (non-hydrogen) atoms. The number of aliphatic hydroxyl groups is 1. The number of nitro groups is 1. The summed E-state index contributed by atoms with van der Waals surface area (Å²) in [6.45, 7) is 1.83. The van der Waals surface area contributed by atoms with E-state index in [-0.39, 0.29) is 12.2 Å². The van der Waals surface area contributed by atoms with Gasteiger partial charge in [-0.2, -0.15) is 0 Å². The van der Waals surface area contributed by atoms with Crippen LogP contribution in [0.4, 0.5) is 5.69 Å². The zero-order valence-electron chi connectivity index (χ0n) is 9.72. The molecule has 0 aliphatic rings. The Balaban J connectivity index is 2.25. The van der Waals surface area contributed by atoms with Gasteiger partial charge in [0.1, 0.15) is 5.69 Å². The van der Waals surface area contributed by atoms with Crippen molar-refractivity contribution in [1.29, 1.82) is 0 Å². The van der Waals surface area contributed by atoms with Crippen molar-refractivity contribution in [3.63, 3.8) is 0 Å². The Kier molecular flexibility index (Phi) is 3.33. The number of para-hydroxylation sites is 1. The van der Waals surface area contributed by atoms with Gasteiger partial charge in [0.05, 0.1) is 29.3 Å². The molecule has 1 aromatic carbocycles. The highest BCUT2D eigenvalue weighted by molar-refractivity contribution is 5.39. The highest BCUT2D eigenvalue weighted by atomic mass is 16.6. The lowest BCUT2D eigenvalue weighted by atomic mass is 10.2. The molecule has 1 heterocycles. The first kappa shape index (κ1) is 12.2. The van der Waals surface area contributed by atoms with Crippen LogP contribution in [0, 0.1) is 10.1 Å². The Morgan fingerprint density at radius 3 is 2.83 bits per heavy atom. The van der Waals surface area contributed by atoms with Gasteiger partial charge in [-0.3, -0.25) is 10.1 Å². The van der Waals surface area contributed by atoms with E-state index < -0.39 is 11.0 Å². The van der Waals surface area contributed by atoms with Crippen molar-refractivity contribution < 1.29 is 10.0 Å². The van der Waals surface area contributed by atoms with E-state index >= 15 is 0 Å². The van der Waals surface area contributed by atoms with Gasteiger partial charge in [-0.1, -0.05) is 23.4 Å². The molecule has 2 rings (SSSR count). The van der Waals surface area contributed by atoms with Crippen molar-refractivity contribution in [1.82, 2.24) is 15.0 Å². The molecule has 1 aromatic heterocycles. The molecule has 1 atom stereocenters. The molecule has 0 saturated heterocycles. The third-order valence-electron chi connectivity index (χ3n) is 2.51. The van der Waals surface area contributed by atoms with Crippen LogP contribution in [0.5, 0.6) is 0 Å². The van der Waals surface area contributed by atoms with Gasteiger partial charge in [-0.25, -0.2) is 4.68 Å². The van der Waals surface area contributed by atoms with E-state index in [9.17, 15) is 15.2 Å². The summed E-state index contributed by atoms with van der Waals surface area (Å²) in [5.74, 6) is 0. The van der Waals surface area contributed by atoms with Gasteiger partial charge in [0.25, 0.3) is 5.69 Å². The van der Waals surface area contributed by atoms with Crippen molar-refractivity contribution in [2.75, 3.05) is 0 Å². The molecule has 0 aliphatic carbocycles. The van der Waals surface area contributed by atoms with Gasteiger partial charge < -0.3 is 5.11 Å². The maximum atomic E-state index is 10.8. The molecule has 0 bridgehead atoms. The number of aromatic nitrogens is 3. The molecule has 0 aliphatic heterocycles. The number of nitro benzene ring substituents is 1. The Hall–Kier alpha value is -2.28. The SMILES string of the molecule is CC(O)c1cn(Cc2ccccc2[N+](=O)[O-])nn1. The van der Waals surface area contributed by atoms with Crippen molar-refractivity contribution in [2.24, 2.45) is 0 Å². The number of hydrogen-bond donors (Lipinski definition) is 1. The van der Waals surface area contributed by atoms with E-state index in [0.29, 0.717) is 11.3 Å². The van der Waals surface area contributed by atoms with Crippen molar-refractivity contribution in [2.45, 2.75) is 19.6 Å². The van der Waals surface area contributed by atoms with E-state index in [2.05, 4.69) is 10.3 Å². The Labute approximate surface area is 103 Å². The molecule has 94 valence electrons. The number of hydrogen-bond acceptors (Lipinski definition) is 5. The second kappa shape index (κ2) is 4.92. The zero-order chi connectivity index (χ0) is 13.1. The lowest BCUT2D eigenvalue weighted by molar-refractivity contribution is -0.385. The average Bonchev–Trinajstić information content (AvgIpc) is 2.78. The first-order valence-corrected chi connectivity index (χ1v) is 5.38. The highest BCUT2D eigenvalue weighted by Crippen LogP contribution is 2.18. The lowest BCUT2D eigenvalue weighted by Gasteiger charge is -2.02. The van der Waals surface area contributed by atoms with Crippen molar-refractivity contribution >= 4 is 5.69 Å². The smallest absolute Gasteiger partial charge is 0.274 e. The third kappa shape index (κ3) is 2.51. The minimum Gasteiger partial charge on any atom is -0.387 e. The van der Waals surface area contributed by atoms with Crippen LogP contribution in [0.3, 0.4) is 0 Å². The number of benzene rings is 1. The van der Waals surface area contributed by atoms with Gasteiger partial charge in [0.2, 0.25) is 0 Å². The fourth-order valence-corrected chi connectivity index (χ4v) is 1.58. The van der Waals surface area contributed by atoms with Crippen molar-refractivity contribution in [3.8, 4) is 0 Å². The van der Waals surface area contributed by atoms with E-state index in [1.807, 2.05) is 0 Å². The monoisotopic (exact) mass is 248 g/mol. The molecule has 7 nitrogen and oxygen atoms in total. The predicted octanol–water partition coefficient (Wildman–Crippen LogP) is 1.29. The van der Waals surface area contributed by atoms with Crippen LogP contribution < -0.4 is 0 Å². The minimum atomic E-state index is -0.704. The van der Waals surface area contributed by atoms with Crippen molar-refractivity contribution in [3.05, 3.63) is 51.8 Å². The largest absolute Gasteiger partial charge is 0.387 e. The molecule has 0 amide bonds. The Bertz CT molecular complexity index is 565. The molecular weight excluding hydrogens is 236 g/mol. The fourth-order valence-electron chi connectivity index (χ4n) is 1.58. The van der Waals surface area contributed by atoms with Gasteiger partial charge >= 0.3 is 0 Å². The van der Waals surface area contributed by atoms with Crippen LogP contribution in [-0.4, -0.2) is 25.0 Å². The summed E-state index contributed by atoms with van der Waals surface area (Å²) in [7, 11) is 0. The standard InChI is InChI=1S/C11H12N4O3/c1-8(16)10-7-14(13-12-10)6-9-4-2-3-5-11(9)15(17)18/h2-5,7-8,16H,6H2,1H3. The van der Waals surface area contributed by atoms with E-state index in [1.165, 1.54) is 10.7 Å². The van der Waals surface area contributed by atoms with E-state index in [4.69, 9.17) is 0 Å². The van der Waals surface area contributed by atoms with Crippen LogP contribution in [0.2, 0.25) is 0 Å². The molecule has 0 spiro atoms. The van der Waals surface area contributed by atoms with Gasteiger partial charge in [0.15, 0.2) is 0 Å². The molecule has 1 unspecified atom stereocenters. The summed E-state index contributed by atoms with van der Waals surface area (Å²) >= 11 is 0. The first-order chi connectivity index (χ1) is 8.58. The fraction of sp³-hybridized carbons (Fsp3) is 0.273. The number of nitrogens with zero attached hydrogens (tertiary/aromatic N) is 4. The normalized spacial score (nSPS) is 12.3. The van der Waals surface area contributed by atoms with E-state index in [0.717, 1.165) is 0 Å². The number of aliphatic hydroxyl groups excluding tert-OH is 1. The average molecular weight is 248 g/mol. The maximum Gasteiger partial charge on any atom is 0.274 e. The van der Waals surface area contributed by atoms with Crippen LogP contribution in [0.1, 0.15) is 24.3 Å².